The summed E-state index contributed by atoms with van der Waals surface area (Å²) in [5.41, 5.74) is 0.565. The predicted octanol–water partition coefficient (Wildman–Crippen LogP) is 3.29. The number of anilines is 2. The molecule has 0 aliphatic carbocycles. The van der Waals surface area contributed by atoms with Crippen molar-refractivity contribution in [1.82, 2.24) is 0 Å². The lowest BCUT2D eigenvalue weighted by molar-refractivity contribution is 0.102. The van der Waals surface area contributed by atoms with Crippen LogP contribution in [0.15, 0.2) is 35.0 Å². The third-order valence-electron chi connectivity index (χ3n) is 2.88. The molecule has 22 heavy (non-hydrogen) atoms. The molecule has 0 bridgehead atoms. The number of amides is 1. The monoisotopic (exact) mass is 342 g/mol. The van der Waals surface area contributed by atoms with Gasteiger partial charge >= 0.3 is 0 Å². The Hall–Kier alpha value is -1.93. The highest BCUT2D eigenvalue weighted by Gasteiger charge is 2.20. The van der Waals surface area contributed by atoms with Crippen LogP contribution in [0.5, 0.6) is 0 Å². The topological polar surface area (TPSA) is 75.3 Å². The second kappa shape index (κ2) is 6.45. The standard InChI is InChI=1S/C14H15FN2O3S2/c1-9(2)22(19,20)17-13-7-10(15)3-4-12(13)14(18)16-11-5-6-21-8-11/h3-9,17H,1-2H3,(H,16,18). The normalized spacial score (nSPS) is 11.5. The lowest BCUT2D eigenvalue weighted by Gasteiger charge is -2.14. The van der Waals surface area contributed by atoms with Crippen LogP contribution in [0.3, 0.4) is 0 Å². The number of hydrogen-bond acceptors (Lipinski definition) is 4. The summed E-state index contributed by atoms with van der Waals surface area (Å²) in [6.45, 7) is 2.99. The Morgan fingerprint density at radius 1 is 1.27 bits per heavy atom. The summed E-state index contributed by atoms with van der Waals surface area (Å²) in [4.78, 5) is 12.2. The molecule has 0 aliphatic rings. The molecule has 2 rings (SSSR count). The molecule has 1 aromatic heterocycles. The number of sulfonamides is 1. The van der Waals surface area contributed by atoms with Crippen LogP contribution in [-0.2, 0) is 10.0 Å². The zero-order valence-corrected chi connectivity index (χ0v) is 13.6. The van der Waals surface area contributed by atoms with Crippen molar-refractivity contribution in [2.45, 2.75) is 19.1 Å². The van der Waals surface area contributed by atoms with Crippen molar-refractivity contribution in [3.8, 4) is 0 Å². The fourth-order valence-electron chi connectivity index (χ4n) is 1.60. The minimum Gasteiger partial charge on any atom is -0.321 e. The summed E-state index contributed by atoms with van der Waals surface area (Å²) in [5.74, 6) is -1.15. The molecule has 1 heterocycles. The number of carbonyl (C=O) groups excluding carboxylic acids is 1. The van der Waals surface area contributed by atoms with E-state index in [0.29, 0.717) is 5.69 Å². The quantitative estimate of drug-likeness (QED) is 0.875. The van der Waals surface area contributed by atoms with Crippen molar-refractivity contribution in [1.29, 1.82) is 0 Å². The minimum atomic E-state index is -3.68. The van der Waals surface area contributed by atoms with Crippen LogP contribution in [0, 0.1) is 5.82 Å². The first-order valence-electron chi connectivity index (χ1n) is 6.44. The maximum absolute atomic E-state index is 13.4. The van der Waals surface area contributed by atoms with Gasteiger partial charge in [-0.3, -0.25) is 9.52 Å². The molecule has 0 fully saturated rings. The maximum Gasteiger partial charge on any atom is 0.257 e. The molecule has 0 saturated carbocycles. The number of halogens is 1. The number of nitrogens with one attached hydrogen (secondary N) is 2. The van der Waals surface area contributed by atoms with E-state index in [4.69, 9.17) is 0 Å². The number of benzene rings is 1. The average Bonchev–Trinajstić information content (AvgIpc) is 2.90. The molecule has 118 valence electrons. The summed E-state index contributed by atoms with van der Waals surface area (Å²) in [6, 6.07) is 5.05. The molecule has 0 saturated heterocycles. The summed E-state index contributed by atoms with van der Waals surface area (Å²) in [5, 5.41) is 5.45. The van der Waals surface area contributed by atoms with Crippen molar-refractivity contribution in [3.05, 3.63) is 46.4 Å². The van der Waals surface area contributed by atoms with Crippen LogP contribution >= 0.6 is 11.3 Å². The van der Waals surface area contributed by atoms with Gasteiger partial charge in [-0.25, -0.2) is 12.8 Å². The van der Waals surface area contributed by atoms with Gasteiger partial charge in [0.15, 0.2) is 0 Å². The van der Waals surface area contributed by atoms with Gasteiger partial charge in [0.2, 0.25) is 10.0 Å². The molecule has 0 atom stereocenters. The highest BCUT2D eigenvalue weighted by atomic mass is 32.2. The first kappa shape index (κ1) is 16.4. The van der Waals surface area contributed by atoms with Crippen molar-refractivity contribution in [2.24, 2.45) is 0 Å². The zero-order valence-electron chi connectivity index (χ0n) is 12.0. The van der Waals surface area contributed by atoms with Gasteiger partial charge in [0.1, 0.15) is 5.82 Å². The molecular formula is C14H15FN2O3S2. The van der Waals surface area contributed by atoms with Crippen molar-refractivity contribution < 1.29 is 17.6 Å². The Bertz CT molecular complexity index is 771. The molecule has 0 spiro atoms. The Kier molecular flexibility index (Phi) is 4.82. The van der Waals surface area contributed by atoms with E-state index in [1.54, 1.807) is 16.8 Å². The maximum atomic E-state index is 13.4. The summed E-state index contributed by atoms with van der Waals surface area (Å²) < 4.78 is 39.5. The van der Waals surface area contributed by atoms with Crippen LogP contribution in [0.25, 0.3) is 0 Å². The van der Waals surface area contributed by atoms with Crippen LogP contribution in [0.1, 0.15) is 24.2 Å². The van der Waals surface area contributed by atoms with Crippen LogP contribution < -0.4 is 10.0 Å². The van der Waals surface area contributed by atoms with Crippen molar-refractivity contribution in [2.75, 3.05) is 10.0 Å². The van der Waals surface area contributed by atoms with E-state index in [1.165, 1.54) is 31.3 Å². The molecular weight excluding hydrogens is 327 g/mol. The van der Waals surface area contributed by atoms with Crippen LogP contribution in [0.4, 0.5) is 15.8 Å². The lowest BCUT2D eigenvalue weighted by atomic mass is 10.1. The summed E-state index contributed by atoms with van der Waals surface area (Å²) >= 11 is 1.41. The largest absolute Gasteiger partial charge is 0.321 e. The van der Waals surface area contributed by atoms with Crippen molar-refractivity contribution >= 4 is 38.6 Å². The van der Waals surface area contributed by atoms with Gasteiger partial charge in [-0.15, -0.1) is 0 Å². The summed E-state index contributed by atoms with van der Waals surface area (Å²) in [7, 11) is -3.68. The van der Waals surface area contributed by atoms with E-state index in [0.717, 1.165) is 12.1 Å². The molecule has 8 heteroatoms. The Labute approximate surface area is 132 Å². The zero-order chi connectivity index (χ0) is 16.3. The van der Waals surface area contributed by atoms with Gasteiger partial charge in [0, 0.05) is 5.38 Å². The first-order chi connectivity index (χ1) is 10.3. The molecule has 1 amide bonds. The second-order valence-electron chi connectivity index (χ2n) is 4.85. The van der Waals surface area contributed by atoms with Gasteiger partial charge in [0.05, 0.1) is 22.2 Å². The van der Waals surface area contributed by atoms with E-state index in [9.17, 15) is 17.6 Å². The molecule has 0 aliphatic heterocycles. The van der Waals surface area contributed by atoms with Crippen molar-refractivity contribution in [3.63, 3.8) is 0 Å². The van der Waals surface area contributed by atoms with Crippen LogP contribution in [0.2, 0.25) is 0 Å². The number of hydrogen-bond donors (Lipinski definition) is 2. The highest BCUT2D eigenvalue weighted by Crippen LogP contribution is 2.22. The molecule has 0 radical (unpaired) electrons. The van der Waals surface area contributed by atoms with Gasteiger partial charge < -0.3 is 5.32 Å². The van der Waals surface area contributed by atoms with E-state index >= 15 is 0 Å². The second-order valence-corrected chi connectivity index (χ2v) is 7.87. The number of rotatable bonds is 5. The smallest absolute Gasteiger partial charge is 0.257 e. The number of carbonyl (C=O) groups is 1. The summed E-state index contributed by atoms with van der Waals surface area (Å²) in [6.07, 6.45) is 0. The molecule has 1 aromatic carbocycles. The van der Waals surface area contributed by atoms with Gasteiger partial charge in [0.25, 0.3) is 5.91 Å². The minimum absolute atomic E-state index is 0.0526. The predicted molar refractivity (Wildman–Crippen MR) is 86.4 cm³/mol. The van der Waals surface area contributed by atoms with E-state index in [2.05, 4.69) is 10.0 Å². The SMILES string of the molecule is CC(C)S(=O)(=O)Nc1cc(F)ccc1C(=O)Nc1ccsc1. The van der Waals surface area contributed by atoms with Gasteiger partial charge in [-0.2, -0.15) is 11.3 Å². The Morgan fingerprint density at radius 2 is 2.00 bits per heavy atom. The molecule has 2 aromatic rings. The van der Waals surface area contributed by atoms with Gasteiger partial charge in [-0.05, 0) is 43.5 Å². The van der Waals surface area contributed by atoms with E-state index in [1.807, 2.05) is 0 Å². The molecule has 5 nitrogen and oxygen atoms in total. The molecule has 2 N–H and O–H groups in total. The highest BCUT2D eigenvalue weighted by molar-refractivity contribution is 7.93. The van der Waals surface area contributed by atoms with Crippen LogP contribution in [-0.4, -0.2) is 19.6 Å². The Balaban J connectivity index is 2.33. The van der Waals surface area contributed by atoms with E-state index < -0.39 is 27.0 Å². The van der Waals surface area contributed by atoms with E-state index in [-0.39, 0.29) is 11.3 Å². The molecule has 0 unspecified atom stereocenters. The fraction of sp³-hybridized carbons (Fsp3) is 0.214. The Morgan fingerprint density at radius 3 is 2.59 bits per heavy atom. The third kappa shape index (κ3) is 3.83. The third-order valence-corrected chi connectivity index (χ3v) is 5.31. The lowest BCUT2D eigenvalue weighted by Crippen LogP contribution is -2.24. The van der Waals surface area contributed by atoms with Gasteiger partial charge in [-0.1, -0.05) is 0 Å². The fourth-order valence-corrected chi connectivity index (χ4v) is 2.90. The average molecular weight is 342 g/mol. The first-order valence-corrected chi connectivity index (χ1v) is 8.93. The number of thiophene rings is 1.